The first-order valence-electron chi connectivity index (χ1n) is 5.21. The summed E-state index contributed by atoms with van der Waals surface area (Å²) < 4.78 is 11.8. The Kier molecular flexibility index (Phi) is 3.19. The van der Waals surface area contributed by atoms with Crippen LogP contribution in [0.3, 0.4) is 0 Å². The average molecular weight is 274 g/mol. The van der Waals surface area contributed by atoms with Crippen LogP contribution in [0.25, 0.3) is 0 Å². The Hall–Kier alpha value is -0.320. The quantitative estimate of drug-likeness (QED) is 0.920. The zero-order chi connectivity index (χ0) is 10.9. The fraction of sp³-hybridized carbons (Fsp3) is 0.636. The van der Waals surface area contributed by atoms with Crippen molar-refractivity contribution in [2.45, 2.75) is 38.5 Å². The van der Waals surface area contributed by atoms with Gasteiger partial charge in [-0.15, -0.1) is 0 Å². The fourth-order valence-electron chi connectivity index (χ4n) is 1.80. The number of rotatable bonds is 3. The van der Waals surface area contributed by atoms with Gasteiger partial charge < -0.3 is 14.5 Å². The van der Waals surface area contributed by atoms with E-state index in [1.807, 2.05) is 12.1 Å². The summed E-state index contributed by atoms with van der Waals surface area (Å²) >= 11 is 3.29. The maximum Gasteiger partial charge on any atom is 0.169 e. The van der Waals surface area contributed by atoms with Crippen molar-refractivity contribution in [3.8, 4) is 0 Å². The molecule has 0 spiro atoms. The van der Waals surface area contributed by atoms with E-state index >= 15 is 0 Å². The molecule has 0 radical (unpaired) electrons. The Bertz CT molecular complexity index is 339. The highest BCUT2D eigenvalue weighted by Gasteiger charge is 2.36. The van der Waals surface area contributed by atoms with E-state index in [4.69, 9.17) is 9.15 Å². The summed E-state index contributed by atoms with van der Waals surface area (Å²) in [6.45, 7) is 5.89. The van der Waals surface area contributed by atoms with E-state index in [-0.39, 0.29) is 11.6 Å². The van der Waals surface area contributed by atoms with Gasteiger partial charge in [0.1, 0.15) is 5.76 Å². The van der Waals surface area contributed by atoms with Crippen LogP contribution >= 0.6 is 15.9 Å². The van der Waals surface area contributed by atoms with Gasteiger partial charge in [0.2, 0.25) is 0 Å². The molecule has 1 aliphatic rings. The molecule has 1 fully saturated rings. The van der Waals surface area contributed by atoms with Gasteiger partial charge in [0, 0.05) is 12.1 Å². The topological polar surface area (TPSA) is 34.4 Å². The predicted molar refractivity (Wildman–Crippen MR) is 61.7 cm³/mol. The molecule has 1 aromatic rings. The first-order chi connectivity index (χ1) is 7.10. The van der Waals surface area contributed by atoms with Crippen LogP contribution in [0.15, 0.2) is 21.2 Å². The van der Waals surface area contributed by atoms with E-state index in [1.54, 1.807) is 0 Å². The monoisotopic (exact) mass is 273 g/mol. The van der Waals surface area contributed by atoms with Gasteiger partial charge in [-0.1, -0.05) is 0 Å². The van der Waals surface area contributed by atoms with E-state index in [9.17, 15) is 0 Å². The minimum absolute atomic E-state index is 0.0687. The minimum atomic E-state index is 0.0687. The molecule has 2 heterocycles. The molecule has 1 saturated heterocycles. The van der Waals surface area contributed by atoms with Crippen molar-refractivity contribution >= 4 is 15.9 Å². The van der Waals surface area contributed by atoms with Gasteiger partial charge >= 0.3 is 0 Å². The molecular formula is C11H16BrNO2. The van der Waals surface area contributed by atoms with Crippen LogP contribution in [0, 0.1) is 0 Å². The molecule has 84 valence electrons. The van der Waals surface area contributed by atoms with E-state index in [2.05, 4.69) is 35.1 Å². The smallest absolute Gasteiger partial charge is 0.169 e. The van der Waals surface area contributed by atoms with Crippen LogP contribution in [0.2, 0.25) is 0 Å². The lowest BCUT2D eigenvalue weighted by molar-refractivity contribution is 0.0874. The van der Waals surface area contributed by atoms with Gasteiger partial charge in [-0.25, -0.2) is 0 Å². The Balaban J connectivity index is 1.92. The van der Waals surface area contributed by atoms with Crippen LogP contribution in [-0.4, -0.2) is 18.2 Å². The number of furan rings is 1. The van der Waals surface area contributed by atoms with Gasteiger partial charge in [-0.2, -0.15) is 0 Å². The minimum Gasteiger partial charge on any atom is -0.453 e. The summed E-state index contributed by atoms with van der Waals surface area (Å²) in [6, 6.07) is 3.88. The highest BCUT2D eigenvalue weighted by Crippen LogP contribution is 2.25. The van der Waals surface area contributed by atoms with Crippen molar-refractivity contribution in [2.75, 3.05) is 6.61 Å². The standard InChI is InChI=1S/C11H16BrNO2/c1-8-11(2,5-6-14-8)13-7-9-3-4-10(12)15-9/h3-4,8,13H,5-7H2,1-2H3. The van der Waals surface area contributed by atoms with Crippen molar-refractivity contribution in [2.24, 2.45) is 0 Å². The molecule has 0 amide bonds. The van der Waals surface area contributed by atoms with Gasteiger partial charge in [0.15, 0.2) is 4.67 Å². The zero-order valence-electron chi connectivity index (χ0n) is 9.05. The van der Waals surface area contributed by atoms with Crippen molar-refractivity contribution in [3.05, 3.63) is 22.6 Å². The molecule has 15 heavy (non-hydrogen) atoms. The summed E-state index contributed by atoms with van der Waals surface area (Å²) in [5.74, 6) is 0.946. The first-order valence-corrected chi connectivity index (χ1v) is 6.00. The summed E-state index contributed by atoms with van der Waals surface area (Å²) in [6.07, 6.45) is 1.31. The third-order valence-electron chi connectivity index (χ3n) is 3.18. The largest absolute Gasteiger partial charge is 0.453 e. The number of halogens is 1. The summed E-state index contributed by atoms with van der Waals surface area (Å²) in [7, 11) is 0. The summed E-state index contributed by atoms with van der Waals surface area (Å²) in [5.41, 5.74) is 0.0687. The molecule has 3 nitrogen and oxygen atoms in total. The molecule has 1 N–H and O–H groups in total. The highest BCUT2D eigenvalue weighted by molar-refractivity contribution is 9.10. The van der Waals surface area contributed by atoms with Crippen LogP contribution in [-0.2, 0) is 11.3 Å². The van der Waals surface area contributed by atoms with Gasteiger partial charge in [0.05, 0.1) is 12.6 Å². The summed E-state index contributed by atoms with van der Waals surface area (Å²) in [5, 5.41) is 3.50. The van der Waals surface area contributed by atoms with Crippen molar-refractivity contribution in [1.82, 2.24) is 5.32 Å². The molecule has 2 atom stereocenters. The molecule has 2 rings (SSSR count). The lowest BCUT2D eigenvalue weighted by atomic mass is 9.95. The van der Waals surface area contributed by atoms with E-state index in [0.29, 0.717) is 0 Å². The second kappa shape index (κ2) is 4.28. The SMILES string of the molecule is CC1OCCC1(C)NCc1ccc(Br)o1. The molecule has 2 unspecified atom stereocenters. The Morgan fingerprint density at radius 1 is 1.60 bits per heavy atom. The maximum absolute atomic E-state index is 5.56. The van der Waals surface area contributed by atoms with Gasteiger partial charge in [-0.05, 0) is 48.3 Å². The molecule has 0 aromatic carbocycles. The van der Waals surface area contributed by atoms with Gasteiger partial charge in [0.25, 0.3) is 0 Å². The van der Waals surface area contributed by atoms with Crippen molar-refractivity contribution in [3.63, 3.8) is 0 Å². The number of hydrogen-bond acceptors (Lipinski definition) is 3. The van der Waals surface area contributed by atoms with E-state index in [0.717, 1.165) is 30.0 Å². The number of nitrogens with one attached hydrogen (secondary N) is 1. The maximum atomic E-state index is 5.56. The average Bonchev–Trinajstić information content (AvgIpc) is 2.73. The molecule has 1 aromatic heterocycles. The first kappa shape index (κ1) is 11.2. The Morgan fingerprint density at radius 3 is 2.93 bits per heavy atom. The van der Waals surface area contributed by atoms with Crippen molar-refractivity contribution < 1.29 is 9.15 Å². The van der Waals surface area contributed by atoms with Crippen LogP contribution in [0.4, 0.5) is 0 Å². The van der Waals surface area contributed by atoms with Crippen LogP contribution in [0.1, 0.15) is 26.0 Å². The molecular weight excluding hydrogens is 258 g/mol. The number of hydrogen-bond donors (Lipinski definition) is 1. The Labute approximate surface area is 98.3 Å². The van der Waals surface area contributed by atoms with Crippen LogP contribution in [0.5, 0.6) is 0 Å². The lowest BCUT2D eigenvalue weighted by Crippen LogP contribution is -2.47. The second-order valence-corrected chi connectivity index (χ2v) is 5.02. The summed E-state index contributed by atoms with van der Waals surface area (Å²) in [4.78, 5) is 0. The lowest BCUT2D eigenvalue weighted by Gasteiger charge is -2.28. The molecule has 4 heteroatoms. The van der Waals surface area contributed by atoms with Crippen LogP contribution < -0.4 is 5.32 Å². The highest BCUT2D eigenvalue weighted by atomic mass is 79.9. The van der Waals surface area contributed by atoms with E-state index < -0.39 is 0 Å². The predicted octanol–water partition coefficient (Wildman–Crippen LogP) is 2.70. The molecule has 0 saturated carbocycles. The van der Waals surface area contributed by atoms with Crippen molar-refractivity contribution in [1.29, 1.82) is 0 Å². The fourth-order valence-corrected chi connectivity index (χ4v) is 2.14. The molecule has 1 aliphatic heterocycles. The molecule has 0 bridgehead atoms. The normalized spacial score (nSPS) is 31.0. The zero-order valence-corrected chi connectivity index (χ0v) is 10.6. The van der Waals surface area contributed by atoms with Gasteiger partial charge in [-0.3, -0.25) is 0 Å². The third-order valence-corrected chi connectivity index (χ3v) is 3.61. The molecule has 0 aliphatic carbocycles. The van der Waals surface area contributed by atoms with E-state index in [1.165, 1.54) is 0 Å². The Morgan fingerprint density at radius 2 is 2.40 bits per heavy atom. The number of ether oxygens (including phenoxy) is 1. The second-order valence-electron chi connectivity index (χ2n) is 4.24. The third kappa shape index (κ3) is 2.44.